The molecular weight excluding hydrogens is 438 g/mol. The molecule has 0 aliphatic carbocycles. The summed E-state index contributed by atoms with van der Waals surface area (Å²) in [5, 5.41) is 14.0. The summed E-state index contributed by atoms with van der Waals surface area (Å²) in [4.78, 5) is 29.0. The van der Waals surface area contributed by atoms with Crippen LogP contribution in [0.5, 0.6) is 0 Å². The minimum Gasteiger partial charge on any atom is -0.268 e. The van der Waals surface area contributed by atoms with Crippen molar-refractivity contribution in [2.24, 2.45) is 0 Å². The summed E-state index contributed by atoms with van der Waals surface area (Å²) in [6, 6.07) is 25.3. The van der Waals surface area contributed by atoms with E-state index >= 15 is 0 Å². The fourth-order valence-corrected chi connectivity index (χ4v) is 4.04. The van der Waals surface area contributed by atoms with Gasteiger partial charge < -0.3 is 0 Å². The molecule has 33 heavy (non-hydrogen) atoms. The number of hydrogen-bond donors (Lipinski definition) is 0. The summed E-state index contributed by atoms with van der Waals surface area (Å²) in [5.74, 6) is 0.350. The molecule has 5 aromatic rings. The highest BCUT2D eigenvalue weighted by atomic mass is 35.5. The number of hydrogen-bond acceptors (Lipinski definition) is 4. The van der Waals surface area contributed by atoms with Gasteiger partial charge in [-0.05, 0) is 46.7 Å². The Hall–Kier alpha value is -4.29. The van der Waals surface area contributed by atoms with Crippen molar-refractivity contribution in [1.29, 1.82) is 0 Å². The van der Waals surface area contributed by atoms with Gasteiger partial charge in [0, 0.05) is 6.07 Å². The fraction of sp³-hybridized carbons (Fsp3) is 0. The molecule has 0 atom stereocenters. The average molecular weight is 454 g/mol. The first-order valence-corrected chi connectivity index (χ1v) is 10.5. The minimum atomic E-state index is -0.572. The highest BCUT2D eigenvalue weighted by molar-refractivity contribution is 6.32. The number of fused-ring (bicyclic) bond motifs is 2. The average Bonchev–Trinajstić information content (AvgIpc) is 2.83. The zero-order chi connectivity index (χ0) is 22.9. The van der Waals surface area contributed by atoms with Crippen molar-refractivity contribution in [3.05, 3.63) is 122 Å². The van der Waals surface area contributed by atoms with E-state index in [1.54, 1.807) is 30.3 Å². The SMILES string of the molecule is O=c1c2ccccc2nc(C=Cc2cccc3ccccc23)n1-c1ccc(Cl)c([N+](=O)[O-])c1. The van der Waals surface area contributed by atoms with Crippen molar-refractivity contribution >= 4 is 51.1 Å². The third-order valence-corrected chi connectivity index (χ3v) is 5.74. The Bertz CT molecular complexity index is 1630. The van der Waals surface area contributed by atoms with Crippen LogP contribution >= 0.6 is 11.6 Å². The Balaban J connectivity index is 1.75. The van der Waals surface area contributed by atoms with Crippen molar-refractivity contribution in [3.8, 4) is 5.69 Å². The maximum absolute atomic E-state index is 13.4. The van der Waals surface area contributed by atoms with Crippen LogP contribution in [0.3, 0.4) is 0 Å². The molecule has 6 nitrogen and oxygen atoms in total. The third-order valence-electron chi connectivity index (χ3n) is 5.42. The van der Waals surface area contributed by atoms with Crippen molar-refractivity contribution in [3.63, 3.8) is 0 Å². The third kappa shape index (κ3) is 3.77. The predicted octanol–water partition coefficient (Wildman–Crippen LogP) is 6.27. The first kappa shape index (κ1) is 20.6. The van der Waals surface area contributed by atoms with Crippen molar-refractivity contribution < 1.29 is 4.92 Å². The standard InChI is InChI=1S/C26H16ClN3O3/c27-22-14-13-19(16-24(22)30(32)33)29-25(28-23-11-4-3-10-21(23)26(29)31)15-12-18-8-5-7-17-6-1-2-9-20(17)18/h1-16H. The van der Waals surface area contributed by atoms with Gasteiger partial charge in [-0.2, -0.15) is 0 Å². The van der Waals surface area contributed by atoms with E-state index in [0.717, 1.165) is 16.3 Å². The number of nitro benzene ring substituents is 1. The van der Waals surface area contributed by atoms with E-state index in [0.29, 0.717) is 22.4 Å². The molecule has 0 aliphatic heterocycles. The molecule has 1 aromatic heterocycles. The molecule has 0 bridgehead atoms. The number of nitro groups is 1. The summed E-state index contributed by atoms with van der Waals surface area (Å²) in [7, 11) is 0. The van der Waals surface area contributed by atoms with Crippen LogP contribution in [0, 0.1) is 10.1 Å². The van der Waals surface area contributed by atoms with Gasteiger partial charge in [-0.3, -0.25) is 19.5 Å². The van der Waals surface area contributed by atoms with E-state index in [4.69, 9.17) is 11.6 Å². The molecule has 1 heterocycles. The van der Waals surface area contributed by atoms with E-state index in [1.807, 2.05) is 54.6 Å². The topological polar surface area (TPSA) is 78.0 Å². The minimum absolute atomic E-state index is 0.00149. The van der Waals surface area contributed by atoms with E-state index in [2.05, 4.69) is 4.98 Å². The second kappa shape index (κ2) is 8.33. The van der Waals surface area contributed by atoms with Gasteiger partial charge in [0.15, 0.2) is 0 Å². The zero-order valence-corrected chi connectivity index (χ0v) is 17.9. The second-order valence-electron chi connectivity index (χ2n) is 7.42. The Morgan fingerprint density at radius 1 is 0.879 bits per heavy atom. The van der Waals surface area contributed by atoms with Crippen LogP contribution in [0.4, 0.5) is 5.69 Å². The smallest absolute Gasteiger partial charge is 0.268 e. The normalized spacial score (nSPS) is 11.4. The van der Waals surface area contributed by atoms with E-state index in [1.165, 1.54) is 16.7 Å². The predicted molar refractivity (Wildman–Crippen MR) is 132 cm³/mol. The maximum Gasteiger partial charge on any atom is 0.289 e. The van der Waals surface area contributed by atoms with Crippen LogP contribution in [-0.4, -0.2) is 14.5 Å². The Morgan fingerprint density at radius 3 is 2.42 bits per heavy atom. The van der Waals surface area contributed by atoms with Crippen LogP contribution in [0.25, 0.3) is 39.5 Å². The lowest BCUT2D eigenvalue weighted by Crippen LogP contribution is -2.22. The summed E-state index contributed by atoms with van der Waals surface area (Å²) in [5.41, 5.74) is 1.21. The first-order valence-electron chi connectivity index (χ1n) is 10.1. The Morgan fingerprint density at radius 2 is 1.61 bits per heavy atom. The lowest BCUT2D eigenvalue weighted by atomic mass is 10.0. The van der Waals surface area contributed by atoms with Crippen LogP contribution in [-0.2, 0) is 0 Å². The lowest BCUT2D eigenvalue weighted by molar-refractivity contribution is -0.384. The van der Waals surface area contributed by atoms with Crippen LogP contribution in [0.1, 0.15) is 11.4 Å². The molecule has 7 heteroatoms. The highest BCUT2D eigenvalue weighted by Crippen LogP contribution is 2.27. The first-order chi connectivity index (χ1) is 16.0. The number of rotatable bonds is 4. The summed E-state index contributed by atoms with van der Waals surface area (Å²) in [6.07, 6.45) is 3.63. The zero-order valence-electron chi connectivity index (χ0n) is 17.2. The van der Waals surface area contributed by atoms with Gasteiger partial charge in [-0.15, -0.1) is 0 Å². The summed E-state index contributed by atoms with van der Waals surface area (Å²) < 4.78 is 1.37. The van der Waals surface area contributed by atoms with Gasteiger partial charge in [0.05, 0.1) is 21.5 Å². The van der Waals surface area contributed by atoms with Gasteiger partial charge in [-0.25, -0.2) is 4.98 Å². The van der Waals surface area contributed by atoms with Gasteiger partial charge in [0.25, 0.3) is 11.2 Å². The van der Waals surface area contributed by atoms with Crippen LogP contribution in [0.15, 0.2) is 89.7 Å². The van der Waals surface area contributed by atoms with Crippen molar-refractivity contribution in [2.45, 2.75) is 0 Å². The molecule has 0 aliphatic rings. The molecule has 4 aromatic carbocycles. The van der Waals surface area contributed by atoms with Gasteiger partial charge >= 0.3 is 0 Å². The fourth-order valence-electron chi connectivity index (χ4n) is 3.85. The number of benzene rings is 4. The molecule has 0 amide bonds. The van der Waals surface area contributed by atoms with E-state index < -0.39 is 4.92 Å². The molecule has 0 saturated carbocycles. The summed E-state index contributed by atoms with van der Waals surface area (Å²) in [6.45, 7) is 0. The molecule has 0 unspecified atom stereocenters. The molecule has 0 N–H and O–H groups in total. The van der Waals surface area contributed by atoms with Crippen LogP contribution < -0.4 is 5.56 Å². The molecule has 5 rings (SSSR count). The van der Waals surface area contributed by atoms with E-state index in [9.17, 15) is 14.9 Å². The van der Waals surface area contributed by atoms with Crippen molar-refractivity contribution in [2.75, 3.05) is 0 Å². The number of nitrogens with zero attached hydrogens (tertiary/aromatic N) is 3. The summed E-state index contributed by atoms with van der Waals surface area (Å²) >= 11 is 5.99. The quantitative estimate of drug-likeness (QED) is 0.237. The number of halogens is 1. The molecule has 0 fully saturated rings. The van der Waals surface area contributed by atoms with Gasteiger partial charge in [-0.1, -0.05) is 72.3 Å². The maximum atomic E-state index is 13.4. The molecule has 0 saturated heterocycles. The number of aromatic nitrogens is 2. The highest BCUT2D eigenvalue weighted by Gasteiger charge is 2.17. The van der Waals surface area contributed by atoms with Gasteiger partial charge in [0.2, 0.25) is 0 Å². The van der Waals surface area contributed by atoms with E-state index in [-0.39, 0.29) is 16.3 Å². The monoisotopic (exact) mass is 453 g/mol. The van der Waals surface area contributed by atoms with Crippen LogP contribution in [0.2, 0.25) is 5.02 Å². The molecular formula is C26H16ClN3O3. The largest absolute Gasteiger partial charge is 0.289 e. The lowest BCUT2D eigenvalue weighted by Gasteiger charge is -2.12. The van der Waals surface area contributed by atoms with Crippen molar-refractivity contribution in [1.82, 2.24) is 9.55 Å². The molecule has 0 radical (unpaired) electrons. The second-order valence-corrected chi connectivity index (χ2v) is 7.83. The Kier molecular flexibility index (Phi) is 5.20. The molecule has 0 spiro atoms. The van der Waals surface area contributed by atoms with Gasteiger partial charge in [0.1, 0.15) is 10.8 Å². The molecule has 160 valence electrons. The number of para-hydroxylation sites is 1. The Labute approximate surface area is 193 Å².